The molecule has 0 fully saturated rings. The van der Waals surface area contributed by atoms with Crippen molar-refractivity contribution >= 4 is 38.5 Å². The Bertz CT molecular complexity index is 1260. The van der Waals surface area contributed by atoms with Gasteiger partial charge < -0.3 is 4.57 Å². The van der Waals surface area contributed by atoms with Gasteiger partial charge in [0.25, 0.3) is 10.0 Å². The van der Waals surface area contributed by atoms with Crippen LogP contribution in [0.25, 0.3) is 22.4 Å². The second kappa shape index (κ2) is 6.10. The maximum absolute atomic E-state index is 12.9. The summed E-state index contributed by atoms with van der Waals surface area (Å²) >= 11 is 0.991. The molecular formula is C17H14N6O2S2. The van der Waals surface area contributed by atoms with Crippen LogP contribution in [-0.4, -0.2) is 31.9 Å². The third kappa shape index (κ3) is 2.77. The molecule has 0 atom stereocenters. The van der Waals surface area contributed by atoms with Gasteiger partial charge in [-0.05, 0) is 30.7 Å². The molecule has 8 nitrogen and oxygen atoms in total. The van der Waals surface area contributed by atoms with Gasteiger partial charge in [-0.3, -0.25) is 4.72 Å². The number of aryl methyl sites for hydroxylation is 1. The quantitative estimate of drug-likeness (QED) is 0.567. The average molecular weight is 398 g/mol. The van der Waals surface area contributed by atoms with Crippen LogP contribution in [0, 0.1) is 0 Å². The molecular weight excluding hydrogens is 384 g/mol. The van der Waals surface area contributed by atoms with E-state index in [2.05, 4.69) is 28.2 Å². The molecule has 5 rings (SSSR count). The molecule has 0 saturated carbocycles. The number of benzene rings is 2. The van der Waals surface area contributed by atoms with Crippen molar-refractivity contribution in [1.29, 1.82) is 0 Å². The summed E-state index contributed by atoms with van der Waals surface area (Å²) in [6.07, 6.45) is 1.97. The van der Waals surface area contributed by atoms with Gasteiger partial charge in [-0.15, -0.1) is 10.2 Å². The van der Waals surface area contributed by atoms with Crippen LogP contribution in [0.15, 0.2) is 47.4 Å². The molecule has 0 spiro atoms. The molecule has 136 valence electrons. The van der Waals surface area contributed by atoms with E-state index in [1.807, 2.05) is 6.07 Å². The lowest BCUT2D eigenvalue weighted by Crippen LogP contribution is -2.13. The van der Waals surface area contributed by atoms with E-state index in [0.717, 1.165) is 48.3 Å². The lowest BCUT2D eigenvalue weighted by atomic mass is 10.2. The maximum Gasteiger partial charge on any atom is 0.264 e. The lowest BCUT2D eigenvalue weighted by molar-refractivity contribution is 0.602. The molecule has 0 aliphatic carbocycles. The zero-order valence-corrected chi connectivity index (χ0v) is 15.7. The van der Waals surface area contributed by atoms with E-state index in [1.54, 1.807) is 30.3 Å². The Balaban J connectivity index is 1.51. The normalized spacial score (nSPS) is 13.8. The molecule has 3 heterocycles. The minimum Gasteiger partial charge on any atom is -0.311 e. The number of aromatic nitrogens is 5. The van der Waals surface area contributed by atoms with E-state index in [4.69, 9.17) is 0 Å². The van der Waals surface area contributed by atoms with Crippen molar-refractivity contribution in [2.45, 2.75) is 24.3 Å². The van der Waals surface area contributed by atoms with Crippen molar-refractivity contribution < 1.29 is 8.42 Å². The zero-order valence-electron chi connectivity index (χ0n) is 14.0. The van der Waals surface area contributed by atoms with E-state index in [1.165, 1.54) is 6.07 Å². The summed E-state index contributed by atoms with van der Waals surface area (Å²) in [6, 6.07) is 12.1. The van der Waals surface area contributed by atoms with E-state index < -0.39 is 10.0 Å². The number of fused-ring (bicyclic) bond motifs is 2. The summed E-state index contributed by atoms with van der Waals surface area (Å²) < 4.78 is 38.7. The highest BCUT2D eigenvalue weighted by molar-refractivity contribution is 7.93. The molecule has 0 radical (unpaired) electrons. The molecule has 1 aliphatic heterocycles. The molecule has 0 amide bonds. The first-order valence-electron chi connectivity index (χ1n) is 8.38. The van der Waals surface area contributed by atoms with Gasteiger partial charge in [-0.2, -0.15) is 8.75 Å². The fourth-order valence-corrected chi connectivity index (χ4v) is 5.11. The third-order valence-electron chi connectivity index (χ3n) is 4.52. The molecule has 0 unspecified atom stereocenters. The summed E-state index contributed by atoms with van der Waals surface area (Å²) in [7, 11) is -3.80. The van der Waals surface area contributed by atoms with Gasteiger partial charge in [0.2, 0.25) is 0 Å². The topological polar surface area (TPSA) is 103 Å². The van der Waals surface area contributed by atoms with Gasteiger partial charge >= 0.3 is 0 Å². The molecule has 0 bridgehead atoms. The second-order valence-electron chi connectivity index (χ2n) is 6.27. The predicted molar refractivity (Wildman–Crippen MR) is 102 cm³/mol. The van der Waals surface area contributed by atoms with Gasteiger partial charge in [0.15, 0.2) is 5.82 Å². The van der Waals surface area contributed by atoms with Gasteiger partial charge in [0, 0.05) is 24.2 Å². The largest absolute Gasteiger partial charge is 0.311 e. The Morgan fingerprint density at radius 2 is 1.96 bits per heavy atom. The number of hydrogen-bond donors (Lipinski definition) is 1. The van der Waals surface area contributed by atoms with Crippen LogP contribution < -0.4 is 4.72 Å². The van der Waals surface area contributed by atoms with Crippen LogP contribution in [-0.2, 0) is 23.0 Å². The van der Waals surface area contributed by atoms with E-state index in [9.17, 15) is 8.42 Å². The number of nitrogens with zero attached hydrogens (tertiary/aromatic N) is 5. The summed E-state index contributed by atoms with van der Waals surface area (Å²) in [6.45, 7) is 0.881. The van der Waals surface area contributed by atoms with Crippen molar-refractivity contribution in [1.82, 2.24) is 23.5 Å². The first-order valence-corrected chi connectivity index (χ1v) is 10.6. The molecule has 0 saturated heterocycles. The lowest BCUT2D eigenvalue weighted by Gasteiger charge is -2.10. The standard InChI is InChI=1S/C17H14N6O2S2/c24-27(25,14-7-2-6-13-16(14)21-26-20-13)22-12-5-1-4-11(10-12)17-19-18-15-8-3-9-23(15)17/h1-2,4-7,10,22H,3,8-9H2. The van der Waals surface area contributed by atoms with Crippen molar-refractivity contribution in [3.63, 3.8) is 0 Å². The zero-order chi connectivity index (χ0) is 18.4. The monoisotopic (exact) mass is 398 g/mol. The minimum absolute atomic E-state index is 0.113. The summed E-state index contributed by atoms with van der Waals surface area (Å²) in [4.78, 5) is 0.113. The smallest absolute Gasteiger partial charge is 0.264 e. The van der Waals surface area contributed by atoms with Crippen LogP contribution in [0.4, 0.5) is 5.69 Å². The van der Waals surface area contributed by atoms with E-state index in [-0.39, 0.29) is 4.90 Å². The Labute approximate surface area is 159 Å². The van der Waals surface area contributed by atoms with Gasteiger partial charge in [0.05, 0.1) is 11.7 Å². The Morgan fingerprint density at radius 1 is 1.07 bits per heavy atom. The predicted octanol–water partition coefficient (Wildman–Crippen LogP) is 2.70. The molecule has 4 aromatic rings. The highest BCUT2D eigenvalue weighted by atomic mass is 32.2. The maximum atomic E-state index is 12.9. The van der Waals surface area contributed by atoms with Crippen LogP contribution in [0.3, 0.4) is 0 Å². The SMILES string of the molecule is O=S(=O)(Nc1cccc(-c2nnc3n2CCC3)c1)c1cccc2nsnc12. The number of anilines is 1. The Kier molecular flexibility index (Phi) is 3.69. The van der Waals surface area contributed by atoms with Crippen LogP contribution in [0.1, 0.15) is 12.2 Å². The van der Waals surface area contributed by atoms with Crippen LogP contribution in [0.5, 0.6) is 0 Å². The molecule has 2 aromatic carbocycles. The molecule has 2 aromatic heterocycles. The summed E-state index contributed by atoms with van der Waals surface area (Å²) in [5.74, 6) is 1.73. The minimum atomic E-state index is -3.80. The Morgan fingerprint density at radius 3 is 2.89 bits per heavy atom. The van der Waals surface area contributed by atoms with Crippen LogP contribution >= 0.6 is 11.7 Å². The molecule has 27 heavy (non-hydrogen) atoms. The number of rotatable bonds is 4. The highest BCUT2D eigenvalue weighted by Crippen LogP contribution is 2.28. The number of sulfonamides is 1. The molecule has 10 heteroatoms. The van der Waals surface area contributed by atoms with Gasteiger partial charge in [-0.25, -0.2) is 8.42 Å². The second-order valence-corrected chi connectivity index (χ2v) is 8.45. The first kappa shape index (κ1) is 16.3. The van der Waals surface area contributed by atoms with Crippen LogP contribution in [0.2, 0.25) is 0 Å². The molecule has 1 aliphatic rings. The van der Waals surface area contributed by atoms with E-state index >= 15 is 0 Å². The van der Waals surface area contributed by atoms with Crippen molar-refractivity contribution in [2.75, 3.05) is 4.72 Å². The average Bonchev–Trinajstić information content (AvgIpc) is 3.37. The van der Waals surface area contributed by atoms with Crippen molar-refractivity contribution in [3.05, 3.63) is 48.3 Å². The third-order valence-corrected chi connectivity index (χ3v) is 6.48. The fourth-order valence-electron chi connectivity index (χ4n) is 3.29. The van der Waals surface area contributed by atoms with E-state index in [0.29, 0.717) is 16.7 Å². The summed E-state index contributed by atoms with van der Waals surface area (Å²) in [5, 5.41) is 8.47. The summed E-state index contributed by atoms with van der Waals surface area (Å²) in [5.41, 5.74) is 2.23. The van der Waals surface area contributed by atoms with Crippen molar-refractivity contribution in [2.24, 2.45) is 0 Å². The van der Waals surface area contributed by atoms with Crippen molar-refractivity contribution in [3.8, 4) is 11.4 Å². The number of nitrogens with one attached hydrogen (secondary N) is 1. The molecule has 1 N–H and O–H groups in total. The highest BCUT2D eigenvalue weighted by Gasteiger charge is 2.21. The number of hydrogen-bond acceptors (Lipinski definition) is 7. The van der Waals surface area contributed by atoms with Gasteiger partial charge in [0.1, 0.15) is 21.8 Å². The van der Waals surface area contributed by atoms with Gasteiger partial charge in [-0.1, -0.05) is 18.2 Å². The fraction of sp³-hybridized carbons (Fsp3) is 0.176. The Hall–Kier alpha value is -2.85. The first-order chi connectivity index (χ1) is 13.1.